The average Bonchev–Trinajstić information content (AvgIpc) is 2.71. The van der Waals surface area contributed by atoms with E-state index < -0.39 is 17.8 Å². The summed E-state index contributed by atoms with van der Waals surface area (Å²) in [5.41, 5.74) is 9.36. The molecule has 30 heavy (non-hydrogen) atoms. The molecule has 156 valence electrons. The summed E-state index contributed by atoms with van der Waals surface area (Å²) in [7, 11) is 0. The molecule has 9 nitrogen and oxygen atoms in total. The molecule has 2 aromatic carbocycles. The Balaban J connectivity index is 1.71. The maximum atomic E-state index is 12.0. The Morgan fingerprint density at radius 3 is 1.37 bits per heavy atom. The molecule has 0 fully saturated rings. The number of urea groups is 1. The Bertz CT molecular complexity index is 927. The van der Waals surface area contributed by atoms with E-state index in [0.717, 1.165) is 0 Å². The molecule has 0 aromatic heterocycles. The van der Waals surface area contributed by atoms with E-state index in [1.54, 1.807) is 36.4 Å². The first-order chi connectivity index (χ1) is 14.3. The minimum absolute atomic E-state index is 0.176. The van der Waals surface area contributed by atoms with Crippen LogP contribution >= 0.6 is 47.6 Å². The van der Waals surface area contributed by atoms with Crippen LogP contribution in [0.4, 0.5) is 4.79 Å². The zero-order valence-electron chi connectivity index (χ0n) is 14.9. The van der Waals surface area contributed by atoms with Gasteiger partial charge in [0.05, 0.1) is 21.2 Å². The average molecular weight is 485 g/mol. The fourth-order valence-electron chi connectivity index (χ4n) is 1.95. The fraction of sp³-hybridized carbons (Fsp3) is 0. The molecular weight excluding hydrogens is 471 g/mol. The molecule has 0 bridgehead atoms. The number of thiocarbonyl (C=S) groups is 2. The lowest BCUT2D eigenvalue weighted by atomic mass is 10.2. The third-order valence-corrected chi connectivity index (χ3v) is 4.34. The van der Waals surface area contributed by atoms with Crippen molar-refractivity contribution < 1.29 is 14.4 Å². The second-order valence-corrected chi connectivity index (χ2v) is 6.99. The third kappa shape index (κ3) is 7.12. The summed E-state index contributed by atoms with van der Waals surface area (Å²) < 4.78 is 0. The van der Waals surface area contributed by atoms with Gasteiger partial charge in [0.1, 0.15) is 0 Å². The number of carbonyl (C=O) groups excluding carboxylic acids is 3. The predicted molar refractivity (Wildman–Crippen MR) is 121 cm³/mol. The molecule has 0 heterocycles. The van der Waals surface area contributed by atoms with Gasteiger partial charge in [-0.05, 0) is 48.7 Å². The zero-order chi connectivity index (χ0) is 22.1. The smallest absolute Gasteiger partial charge is 0.298 e. The number of hydrazine groups is 2. The molecule has 0 aliphatic heterocycles. The van der Waals surface area contributed by atoms with E-state index in [4.69, 9.17) is 47.6 Å². The van der Waals surface area contributed by atoms with Crippen LogP contribution in [0.25, 0.3) is 0 Å². The normalized spacial score (nSPS) is 9.67. The van der Waals surface area contributed by atoms with Crippen molar-refractivity contribution in [2.24, 2.45) is 0 Å². The summed E-state index contributed by atoms with van der Waals surface area (Å²) in [6.07, 6.45) is 0. The van der Waals surface area contributed by atoms with Gasteiger partial charge in [0, 0.05) is 0 Å². The van der Waals surface area contributed by atoms with Gasteiger partial charge in [0.25, 0.3) is 11.8 Å². The fourth-order valence-corrected chi connectivity index (χ4v) is 2.68. The molecule has 0 atom stereocenters. The van der Waals surface area contributed by atoms with Crippen LogP contribution in [0.1, 0.15) is 20.7 Å². The highest BCUT2D eigenvalue weighted by Crippen LogP contribution is 2.15. The Hall–Kier alpha value is -2.99. The number of hydrogen-bond donors (Lipinski definition) is 6. The molecule has 0 aliphatic rings. The van der Waals surface area contributed by atoms with Crippen LogP contribution in [0.15, 0.2) is 48.5 Å². The van der Waals surface area contributed by atoms with Gasteiger partial charge < -0.3 is 0 Å². The molecule has 0 saturated carbocycles. The third-order valence-electron chi connectivity index (χ3n) is 3.27. The molecule has 0 radical (unpaired) electrons. The molecule has 0 spiro atoms. The molecule has 4 amide bonds. The molecule has 2 aromatic rings. The molecule has 0 aliphatic carbocycles. The second kappa shape index (κ2) is 11.3. The quantitative estimate of drug-likeness (QED) is 0.284. The summed E-state index contributed by atoms with van der Waals surface area (Å²) in [4.78, 5) is 35.8. The number of rotatable bonds is 2. The van der Waals surface area contributed by atoms with Gasteiger partial charge in [-0.1, -0.05) is 47.5 Å². The topological polar surface area (TPSA) is 123 Å². The highest BCUT2D eigenvalue weighted by atomic mass is 35.5. The van der Waals surface area contributed by atoms with Crippen LogP contribution in [-0.2, 0) is 0 Å². The van der Waals surface area contributed by atoms with Crippen LogP contribution in [0.2, 0.25) is 10.0 Å². The molecule has 2 rings (SSSR count). The van der Waals surface area contributed by atoms with Crippen LogP contribution in [-0.4, -0.2) is 28.1 Å². The van der Waals surface area contributed by atoms with E-state index in [2.05, 4.69) is 32.3 Å². The first-order valence-electron chi connectivity index (χ1n) is 8.05. The predicted octanol–water partition coefficient (Wildman–Crippen LogP) is 2.03. The number of amides is 4. The van der Waals surface area contributed by atoms with Gasteiger partial charge in [-0.2, -0.15) is 0 Å². The van der Waals surface area contributed by atoms with E-state index in [9.17, 15) is 14.4 Å². The van der Waals surface area contributed by atoms with Crippen LogP contribution < -0.4 is 32.3 Å². The van der Waals surface area contributed by atoms with Crippen molar-refractivity contribution in [2.75, 3.05) is 0 Å². The SMILES string of the molecule is O=C(NNC(=S)NC(=O)c1ccccc1Cl)NNC(=S)NC(=O)c1ccccc1Cl. The number of halogens is 2. The first-order valence-corrected chi connectivity index (χ1v) is 9.63. The Kier molecular flexibility index (Phi) is 8.74. The van der Waals surface area contributed by atoms with Crippen molar-refractivity contribution in [3.8, 4) is 0 Å². The van der Waals surface area contributed by atoms with Crippen LogP contribution in [0.5, 0.6) is 0 Å². The van der Waals surface area contributed by atoms with E-state index >= 15 is 0 Å². The van der Waals surface area contributed by atoms with Crippen LogP contribution in [0.3, 0.4) is 0 Å². The molecule has 6 N–H and O–H groups in total. The number of nitrogens with one attached hydrogen (secondary N) is 6. The second-order valence-electron chi connectivity index (χ2n) is 5.36. The standard InChI is InChI=1S/C17H14Cl2N6O3S2/c18-11-7-3-1-5-9(11)13(26)20-16(29)24-22-15(28)23-25-17(30)21-14(27)10-6-2-4-8-12(10)19/h1-8H,(H2,22,23,28)(H2,20,24,26,29)(H2,21,25,27,30). The highest BCUT2D eigenvalue weighted by molar-refractivity contribution is 7.80. The van der Waals surface area contributed by atoms with Gasteiger partial charge >= 0.3 is 6.03 Å². The maximum absolute atomic E-state index is 12.0. The summed E-state index contributed by atoms with van der Waals surface area (Å²) >= 11 is 21.7. The number of carbonyl (C=O) groups is 3. The van der Waals surface area contributed by atoms with E-state index in [1.807, 2.05) is 0 Å². The number of benzene rings is 2. The van der Waals surface area contributed by atoms with Gasteiger partial charge in [0.2, 0.25) is 0 Å². The van der Waals surface area contributed by atoms with Gasteiger partial charge in [0.15, 0.2) is 10.2 Å². The first kappa shape index (κ1) is 23.3. The van der Waals surface area contributed by atoms with E-state index in [0.29, 0.717) is 0 Å². The van der Waals surface area contributed by atoms with Gasteiger partial charge in [-0.3, -0.25) is 31.1 Å². The van der Waals surface area contributed by atoms with Crippen molar-refractivity contribution in [1.82, 2.24) is 32.3 Å². The lowest BCUT2D eigenvalue weighted by Crippen LogP contribution is -2.56. The molecule has 0 saturated heterocycles. The van der Waals surface area contributed by atoms with Crippen molar-refractivity contribution in [3.63, 3.8) is 0 Å². The molecular formula is C17H14Cl2N6O3S2. The Labute approximate surface area is 191 Å². The highest BCUT2D eigenvalue weighted by Gasteiger charge is 2.13. The van der Waals surface area contributed by atoms with E-state index in [-0.39, 0.29) is 31.4 Å². The van der Waals surface area contributed by atoms with Crippen molar-refractivity contribution in [3.05, 3.63) is 69.7 Å². The largest absolute Gasteiger partial charge is 0.352 e. The lowest BCUT2D eigenvalue weighted by molar-refractivity contribution is 0.0968. The zero-order valence-corrected chi connectivity index (χ0v) is 18.1. The van der Waals surface area contributed by atoms with Crippen LogP contribution in [0, 0.1) is 0 Å². The number of hydrogen-bond acceptors (Lipinski definition) is 5. The Morgan fingerprint density at radius 1 is 0.633 bits per heavy atom. The van der Waals surface area contributed by atoms with Crippen molar-refractivity contribution >= 4 is 75.7 Å². The minimum atomic E-state index is -0.807. The van der Waals surface area contributed by atoms with E-state index in [1.165, 1.54) is 12.1 Å². The summed E-state index contributed by atoms with van der Waals surface area (Å²) in [6, 6.07) is 12.0. The van der Waals surface area contributed by atoms with Crippen molar-refractivity contribution in [1.29, 1.82) is 0 Å². The summed E-state index contributed by atoms with van der Waals surface area (Å²) in [5.74, 6) is -1.11. The monoisotopic (exact) mass is 484 g/mol. The van der Waals surface area contributed by atoms with Gasteiger partial charge in [-0.15, -0.1) is 0 Å². The van der Waals surface area contributed by atoms with Gasteiger partial charge in [-0.25, -0.2) is 15.6 Å². The summed E-state index contributed by atoms with van der Waals surface area (Å²) in [5, 5.41) is 4.84. The molecule has 0 unspecified atom stereocenters. The minimum Gasteiger partial charge on any atom is -0.298 e. The molecule has 13 heteroatoms. The van der Waals surface area contributed by atoms with Crippen molar-refractivity contribution in [2.45, 2.75) is 0 Å². The maximum Gasteiger partial charge on any atom is 0.352 e. The summed E-state index contributed by atoms with van der Waals surface area (Å²) in [6.45, 7) is 0. The Morgan fingerprint density at radius 2 is 1.00 bits per heavy atom. The lowest BCUT2D eigenvalue weighted by Gasteiger charge is -2.14.